The Morgan fingerprint density at radius 3 is 2.68 bits per heavy atom. The van der Waals surface area contributed by atoms with Gasteiger partial charge in [-0.2, -0.15) is 0 Å². The molecule has 5 heteroatoms. The number of halogens is 1. The van der Waals surface area contributed by atoms with Gasteiger partial charge in [-0.05, 0) is 61.6 Å². The Morgan fingerprint density at radius 1 is 1.10 bits per heavy atom. The van der Waals surface area contributed by atoms with E-state index in [-0.39, 0.29) is 0 Å². The minimum Gasteiger partial charge on any atom is -0.381 e. The molecule has 0 spiro atoms. The summed E-state index contributed by atoms with van der Waals surface area (Å²) in [6, 6.07) is 17.8. The highest BCUT2D eigenvalue weighted by Crippen LogP contribution is 2.22. The summed E-state index contributed by atoms with van der Waals surface area (Å²) in [4.78, 5) is 0. The molecule has 4 nitrogen and oxygen atoms in total. The molecule has 0 bridgehead atoms. The molecule has 2 N–H and O–H groups in total. The number of alkyl halides is 1. The number of rotatable bonds is 7. The molecule has 4 rings (SSSR count). The molecule has 1 aliphatic rings. The van der Waals surface area contributed by atoms with Gasteiger partial charge in [-0.1, -0.05) is 29.7 Å². The number of anilines is 1. The van der Waals surface area contributed by atoms with Crippen molar-refractivity contribution in [3.05, 3.63) is 65.4 Å². The lowest BCUT2D eigenvalue weighted by Crippen LogP contribution is -2.34. The fourth-order valence-corrected chi connectivity index (χ4v) is 4.14. The number of nitrogens with one attached hydrogen (secondary N) is 2. The van der Waals surface area contributed by atoms with E-state index in [9.17, 15) is 0 Å². The van der Waals surface area contributed by atoms with E-state index in [0.29, 0.717) is 18.5 Å². The minimum atomic E-state index is 0.549. The van der Waals surface area contributed by atoms with Gasteiger partial charge in [-0.15, -0.1) is 11.6 Å². The van der Waals surface area contributed by atoms with Crippen molar-refractivity contribution in [1.29, 1.82) is 0 Å². The zero-order valence-electron chi connectivity index (χ0n) is 18.1. The summed E-state index contributed by atoms with van der Waals surface area (Å²) in [6.07, 6.45) is 2.18. The third-order valence-corrected chi connectivity index (χ3v) is 5.91. The van der Waals surface area contributed by atoms with Crippen LogP contribution in [-0.4, -0.2) is 36.2 Å². The molecule has 0 unspecified atom stereocenters. The van der Waals surface area contributed by atoms with Gasteiger partial charge in [-0.3, -0.25) is 0 Å². The van der Waals surface area contributed by atoms with Crippen molar-refractivity contribution in [2.45, 2.75) is 38.9 Å². The van der Waals surface area contributed by atoms with Crippen molar-refractivity contribution in [3.63, 3.8) is 0 Å². The first-order valence-corrected chi connectivity index (χ1v) is 11.5. The zero-order valence-corrected chi connectivity index (χ0v) is 18.8. The summed E-state index contributed by atoms with van der Waals surface area (Å²) in [5, 5.41) is 8.24. The Morgan fingerprint density at radius 2 is 1.90 bits per heavy atom. The van der Waals surface area contributed by atoms with Gasteiger partial charge in [0, 0.05) is 54.8 Å². The number of aromatic nitrogens is 1. The van der Waals surface area contributed by atoms with Gasteiger partial charge in [0.25, 0.3) is 0 Å². The van der Waals surface area contributed by atoms with Crippen LogP contribution < -0.4 is 10.6 Å². The Balaban J connectivity index is 1.45. The quantitative estimate of drug-likeness (QED) is 0.408. The molecule has 1 fully saturated rings. The Hall–Kier alpha value is -2.45. The molecule has 0 amide bonds. The van der Waals surface area contributed by atoms with E-state index in [1.807, 2.05) is 0 Å². The molecule has 0 aliphatic carbocycles. The second kappa shape index (κ2) is 10.7. The Bertz CT molecular complexity index is 1060. The number of benzene rings is 2. The average Bonchev–Trinajstić information content (AvgIpc) is 3.14. The van der Waals surface area contributed by atoms with Crippen LogP contribution in [0.1, 0.15) is 29.7 Å². The maximum atomic E-state index is 6.08. The van der Waals surface area contributed by atoms with Crippen molar-refractivity contribution >= 4 is 28.2 Å². The monoisotopic (exact) mass is 435 g/mol. The van der Waals surface area contributed by atoms with E-state index >= 15 is 0 Å². The van der Waals surface area contributed by atoms with Crippen molar-refractivity contribution < 1.29 is 4.74 Å². The standard InChI is InChI=1S/C26H30ClN3O/c1-20-4-7-23(8-5-20)28-13-2-3-25-18-22-17-21(6-9-26(22)30(25)14-12-27)19-29-24-10-15-31-16-11-24/h4-9,17-18,24,28-29H,10-16,19H2,1H3. The maximum absolute atomic E-state index is 6.08. The fraction of sp³-hybridized carbons (Fsp3) is 0.385. The summed E-state index contributed by atoms with van der Waals surface area (Å²) >= 11 is 6.08. The largest absolute Gasteiger partial charge is 0.381 e. The van der Waals surface area contributed by atoms with Crippen molar-refractivity contribution in [3.8, 4) is 11.8 Å². The third-order valence-electron chi connectivity index (χ3n) is 5.74. The van der Waals surface area contributed by atoms with Gasteiger partial charge in [-0.25, -0.2) is 0 Å². The Labute approximate surface area is 189 Å². The van der Waals surface area contributed by atoms with E-state index in [4.69, 9.17) is 16.3 Å². The van der Waals surface area contributed by atoms with Crippen molar-refractivity contribution in [1.82, 2.24) is 9.88 Å². The molecule has 3 aromatic rings. The molecule has 1 aromatic heterocycles. The molecule has 1 saturated heterocycles. The number of aryl methyl sites for hydroxylation is 2. The second-order valence-corrected chi connectivity index (χ2v) is 8.43. The van der Waals surface area contributed by atoms with Crippen LogP contribution >= 0.6 is 11.6 Å². The lowest BCUT2D eigenvalue weighted by molar-refractivity contribution is 0.0776. The SMILES string of the molecule is Cc1ccc(NCC#Cc2cc3cc(CNC4CCOCC4)ccc3n2CCCl)cc1. The van der Waals surface area contributed by atoms with Gasteiger partial charge in [0.1, 0.15) is 0 Å². The van der Waals surface area contributed by atoms with Crippen LogP contribution in [0.5, 0.6) is 0 Å². The molecular weight excluding hydrogens is 406 g/mol. The molecule has 31 heavy (non-hydrogen) atoms. The summed E-state index contributed by atoms with van der Waals surface area (Å²) < 4.78 is 7.67. The molecule has 2 aromatic carbocycles. The number of hydrogen-bond acceptors (Lipinski definition) is 3. The molecule has 162 valence electrons. The highest BCUT2D eigenvalue weighted by Gasteiger charge is 2.13. The highest BCUT2D eigenvalue weighted by molar-refractivity contribution is 6.17. The molecular formula is C26H30ClN3O. The first-order valence-electron chi connectivity index (χ1n) is 11.0. The Kier molecular flexibility index (Phi) is 7.53. The lowest BCUT2D eigenvalue weighted by Gasteiger charge is -2.23. The number of hydrogen-bond donors (Lipinski definition) is 2. The van der Waals surface area contributed by atoms with Crippen molar-refractivity contribution in [2.24, 2.45) is 0 Å². The summed E-state index contributed by atoms with van der Waals surface area (Å²) in [7, 11) is 0. The molecule has 2 heterocycles. The topological polar surface area (TPSA) is 38.2 Å². The number of ether oxygens (including phenoxy) is 1. The summed E-state index contributed by atoms with van der Waals surface area (Å²) in [5.41, 5.74) is 5.83. The van der Waals surface area contributed by atoms with Gasteiger partial charge in [0.15, 0.2) is 0 Å². The summed E-state index contributed by atoms with van der Waals surface area (Å²) in [5.74, 6) is 7.16. The lowest BCUT2D eigenvalue weighted by atomic mass is 10.1. The van der Waals surface area contributed by atoms with Crippen LogP contribution in [0.3, 0.4) is 0 Å². The van der Waals surface area contributed by atoms with E-state index in [2.05, 4.69) is 82.5 Å². The van der Waals surface area contributed by atoms with Gasteiger partial charge >= 0.3 is 0 Å². The number of fused-ring (bicyclic) bond motifs is 1. The van der Waals surface area contributed by atoms with Gasteiger partial charge in [0.05, 0.1) is 12.2 Å². The van der Waals surface area contributed by atoms with Crippen molar-refractivity contribution in [2.75, 3.05) is 31.0 Å². The third kappa shape index (κ3) is 5.83. The molecule has 1 aliphatic heterocycles. The molecule has 0 saturated carbocycles. The smallest absolute Gasteiger partial charge is 0.0931 e. The first kappa shape index (κ1) is 21.8. The van der Waals surface area contributed by atoms with Crippen LogP contribution in [-0.2, 0) is 17.8 Å². The first-order chi connectivity index (χ1) is 15.2. The minimum absolute atomic E-state index is 0.549. The molecule has 0 radical (unpaired) electrons. The van der Waals surface area contributed by atoms with E-state index in [1.54, 1.807) is 0 Å². The highest BCUT2D eigenvalue weighted by atomic mass is 35.5. The van der Waals surface area contributed by atoms with Crippen LogP contribution in [0.4, 0.5) is 5.69 Å². The fourth-order valence-electron chi connectivity index (χ4n) is 3.98. The van der Waals surface area contributed by atoms with E-state index in [0.717, 1.165) is 50.5 Å². The summed E-state index contributed by atoms with van der Waals surface area (Å²) in [6.45, 7) is 6.04. The normalized spacial score (nSPS) is 14.4. The van der Waals surface area contributed by atoms with E-state index in [1.165, 1.54) is 22.0 Å². The maximum Gasteiger partial charge on any atom is 0.0931 e. The van der Waals surface area contributed by atoms with Crippen LogP contribution in [0.15, 0.2) is 48.5 Å². The predicted molar refractivity (Wildman–Crippen MR) is 130 cm³/mol. The number of nitrogens with zero attached hydrogens (tertiary/aromatic N) is 1. The van der Waals surface area contributed by atoms with Gasteiger partial charge < -0.3 is 19.9 Å². The van der Waals surface area contributed by atoms with Crippen LogP contribution in [0.25, 0.3) is 10.9 Å². The molecule has 0 atom stereocenters. The van der Waals surface area contributed by atoms with E-state index < -0.39 is 0 Å². The van der Waals surface area contributed by atoms with Crippen LogP contribution in [0.2, 0.25) is 0 Å². The second-order valence-electron chi connectivity index (χ2n) is 8.05. The predicted octanol–water partition coefficient (Wildman–Crippen LogP) is 4.92. The average molecular weight is 436 g/mol. The van der Waals surface area contributed by atoms with Gasteiger partial charge in [0.2, 0.25) is 0 Å². The zero-order chi connectivity index (χ0) is 21.5. The van der Waals surface area contributed by atoms with Crippen LogP contribution in [0, 0.1) is 18.8 Å².